The first kappa shape index (κ1) is 41.5. The van der Waals surface area contributed by atoms with Crippen LogP contribution in [0.2, 0.25) is 0 Å². The maximum absolute atomic E-state index is 6.36. The third-order valence-electron chi connectivity index (χ3n) is 15.6. The summed E-state index contributed by atoms with van der Waals surface area (Å²) in [6.45, 7) is 0. The molecule has 0 aliphatic rings. The van der Waals surface area contributed by atoms with Crippen molar-refractivity contribution in [3.63, 3.8) is 0 Å². The Balaban J connectivity index is 0.797. The number of hydrogen-bond acceptors (Lipinski definition) is 6. The van der Waals surface area contributed by atoms with Crippen molar-refractivity contribution in [1.29, 1.82) is 0 Å². The molecule has 0 fully saturated rings. The highest BCUT2D eigenvalue weighted by Gasteiger charge is 2.21. The van der Waals surface area contributed by atoms with E-state index in [4.69, 9.17) is 23.8 Å². The molecule has 6 nitrogen and oxygen atoms in total. The molecular formula is C69H38N4O2S. The minimum Gasteiger partial charge on any atom is -0.456 e. The zero-order chi connectivity index (χ0) is 49.6. The van der Waals surface area contributed by atoms with Crippen LogP contribution in [0.15, 0.2) is 239 Å². The van der Waals surface area contributed by atoms with E-state index >= 15 is 0 Å². The molecule has 0 N–H and O–H groups in total. The molecule has 0 spiro atoms. The molecule has 12 aromatic carbocycles. The lowest BCUT2D eigenvalue weighted by Crippen LogP contribution is -2.00. The van der Waals surface area contributed by atoms with Gasteiger partial charge < -0.3 is 13.4 Å². The van der Waals surface area contributed by atoms with Crippen LogP contribution >= 0.6 is 11.3 Å². The van der Waals surface area contributed by atoms with Crippen LogP contribution < -0.4 is 0 Å². The third kappa shape index (κ3) is 6.12. The molecule has 0 unspecified atom stereocenters. The number of thiophene rings is 1. The maximum atomic E-state index is 6.36. The van der Waals surface area contributed by atoms with Gasteiger partial charge in [0.2, 0.25) is 0 Å². The lowest BCUT2D eigenvalue weighted by molar-refractivity contribution is 0.669. The fourth-order valence-corrected chi connectivity index (χ4v) is 13.3. The van der Waals surface area contributed by atoms with Crippen LogP contribution in [0.25, 0.3) is 170 Å². The van der Waals surface area contributed by atoms with Gasteiger partial charge in [-0.2, -0.15) is 0 Å². The predicted molar refractivity (Wildman–Crippen MR) is 315 cm³/mol. The summed E-state index contributed by atoms with van der Waals surface area (Å²) in [5.41, 5.74) is 14.2. The molecule has 0 aliphatic heterocycles. The molecule has 0 amide bonds. The van der Waals surface area contributed by atoms with E-state index in [1.165, 1.54) is 64.1 Å². The topological polar surface area (TPSA) is 69.9 Å². The maximum Gasteiger partial charge on any atom is 0.165 e. The molecular weight excluding hydrogens is 949 g/mol. The Bertz CT molecular complexity index is 5240. The van der Waals surface area contributed by atoms with Gasteiger partial charge in [0.25, 0.3) is 0 Å². The van der Waals surface area contributed by atoms with Crippen molar-refractivity contribution in [3.8, 4) is 62.1 Å². The van der Waals surface area contributed by atoms with Gasteiger partial charge in [0.15, 0.2) is 17.5 Å². The van der Waals surface area contributed by atoms with Gasteiger partial charge in [0.1, 0.15) is 22.3 Å². The highest BCUT2D eigenvalue weighted by molar-refractivity contribution is 7.26. The van der Waals surface area contributed by atoms with Crippen LogP contribution in [0.4, 0.5) is 0 Å². The molecule has 0 aliphatic carbocycles. The summed E-state index contributed by atoms with van der Waals surface area (Å²) < 4.78 is 17.5. The fourth-order valence-electron chi connectivity index (χ4n) is 12.1. The third-order valence-corrected chi connectivity index (χ3v) is 16.8. The highest BCUT2D eigenvalue weighted by Crippen LogP contribution is 2.45. The standard InChI is InChI=1S/C69H38N4O2S/c1-2-11-45(12-3-1)73-57-33-29-41(36-55(57)56-37-43(30-34-58(56)73)42-27-31-46-50-15-9-20-60-64(50)65-51(54(46)35-42)16-10-21-61(65)75-60)39-23-25-40(26-24-39)67-70-68(44-28-32-48-47-13-4-6-19-59(47)74-62(48)38-44)72-69(71-67)53-18-8-17-52-49-14-5-7-22-63(49)76-66(52)53/h1-38H. The molecule has 5 aromatic heterocycles. The molecule has 76 heavy (non-hydrogen) atoms. The molecule has 17 aromatic rings. The molecule has 0 atom stereocenters. The summed E-state index contributed by atoms with van der Waals surface area (Å²) in [6, 6.07) is 82.3. The number of aromatic nitrogens is 4. The van der Waals surface area contributed by atoms with Gasteiger partial charge in [-0.15, -0.1) is 11.3 Å². The molecule has 17 rings (SSSR count). The van der Waals surface area contributed by atoms with Crippen molar-refractivity contribution in [3.05, 3.63) is 231 Å². The van der Waals surface area contributed by atoms with Gasteiger partial charge in [0.05, 0.1) is 11.0 Å². The summed E-state index contributed by atoms with van der Waals surface area (Å²) in [7, 11) is 0. The van der Waals surface area contributed by atoms with E-state index < -0.39 is 0 Å². The van der Waals surface area contributed by atoms with E-state index in [0.717, 1.165) is 87.9 Å². The van der Waals surface area contributed by atoms with Crippen molar-refractivity contribution < 1.29 is 8.83 Å². The number of benzene rings is 12. The first-order valence-electron chi connectivity index (χ1n) is 25.6. The zero-order valence-electron chi connectivity index (χ0n) is 40.5. The smallest absolute Gasteiger partial charge is 0.165 e. The number of furan rings is 2. The monoisotopic (exact) mass is 986 g/mol. The summed E-state index contributed by atoms with van der Waals surface area (Å²) in [6.07, 6.45) is 0. The predicted octanol–water partition coefficient (Wildman–Crippen LogP) is 19.2. The van der Waals surface area contributed by atoms with Gasteiger partial charge in [-0.05, 0) is 129 Å². The summed E-state index contributed by atoms with van der Waals surface area (Å²) in [5, 5.41) is 14.2. The van der Waals surface area contributed by atoms with Gasteiger partial charge in [-0.3, -0.25) is 0 Å². The largest absolute Gasteiger partial charge is 0.456 e. The Morgan fingerprint density at radius 3 is 1.59 bits per heavy atom. The lowest BCUT2D eigenvalue weighted by atomic mass is 9.92. The minimum atomic E-state index is 0.585. The molecule has 7 heteroatoms. The van der Waals surface area contributed by atoms with E-state index in [-0.39, 0.29) is 0 Å². The van der Waals surface area contributed by atoms with Crippen molar-refractivity contribution in [2.45, 2.75) is 0 Å². The van der Waals surface area contributed by atoms with Crippen molar-refractivity contribution >= 4 is 119 Å². The number of para-hydroxylation sites is 2. The van der Waals surface area contributed by atoms with Gasteiger partial charge >= 0.3 is 0 Å². The van der Waals surface area contributed by atoms with E-state index in [9.17, 15) is 0 Å². The molecule has 0 bridgehead atoms. The molecule has 352 valence electrons. The van der Waals surface area contributed by atoms with Gasteiger partial charge in [-0.1, -0.05) is 146 Å². The van der Waals surface area contributed by atoms with Crippen molar-refractivity contribution in [2.75, 3.05) is 0 Å². The average molecular weight is 987 g/mol. The second-order valence-corrected chi connectivity index (χ2v) is 20.9. The average Bonchev–Trinajstić information content (AvgIpc) is 4.36. The summed E-state index contributed by atoms with van der Waals surface area (Å²) >= 11 is 1.77. The molecule has 5 heterocycles. The first-order valence-corrected chi connectivity index (χ1v) is 26.4. The quantitative estimate of drug-likeness (QED) is 0.155. The summed E-state index contributed by atoms with van der Waals surface area (Å²) in [5.74, 6) is 1.81. The Kier molecular flexibility index (Phi) is 8.62. The van der Waals surface area contributed by atoms with E-state index in [0.29, 0.717) is 17.5 Å². The van der Waals surface area contributed by atoms with Crippen LogP contribution in [-0.4, -0.2) is 19.5 Å². The van der Waals surface area contributed by atoms with E-state index in [1.807, 2.05) is 18.2 Å². The van der Waals surface area contributed by atoms with Gasteiger partial charge in [0, 0.05) is 74.9 Å². The van der Waals surface area contributed by atoms with Crippen LogP contribution in [0.5, 0.6) is 0 Å². The van der Waals surface area contributed by atoms with E-state index in [2.05, 4.69) is 217 Å². The first-order chi connectivity index (χ1) is 37.6. The second-order valence-electron chi connectivity index (χ2n) is 19.8. The Hall–Kier alpha value is -9.95. The minimum absolute atomic E-state index is 0.585. The lowest BCUT2D eigenvalue weighted by Gasteiger charge is -2.11. The Labute approximate surface area is 437 Å². The highest BCUT2D eigenvalue weighted by atomic mass is 32.1. The number of nitrogens with zero attached hydrogens (tertiary/aromatic N) is 4. The Morgan fingerprint density at radius 1 is 0.303 bits per heavy atom. The van der Waals surface area contributed by atoms with Crippen LogP contribution in [0, 0.1) is 0 Å². The second kappa shape index (κ2) is 15.8. The summed E-state index contributed by atoms with van der Waals surface area (Å²) in [4.78, 5) is 15.7. The number of rotatable bonds is 6. The molecule has 0 saturated heterocycles. The van der Waals surface area contributed by atoms with Gasteiger partial charge in [-0.25, -0.2) is 15.0 Å². The van der Waals surface area contributed by atoms with Crippen molar-refractivity contribution in [1.82, 2.24) is 19.5 Å². The van der Waals surface area contributed by atoms with E-state index in [1.54, 1.807) is 11.3 Å². The Morgan fingerprint density at radius 2 is 0.816 bits per heavy atom. The zero-order valence-corrected chi connectivity index (χ0v) is 41.3. The van der Waals surface area contributed by atoms with Crippen LogP contribution in [0.3, 0.4) is 0 Å². The molecule has 0 saturated carbocycles. The normalized spacial score (nSPS) is 12.2. The van der Waals surface area contributed by atoms with Crippen molar-refractivity contribution in [2.24, 2.45) is 0 Å². The fraction of sp³-hybridized carbons (Fsp3) is 0. The SMILES string of the molecule is c1ccc(-n2c3ccc(-c4ccc(-c5nc(-c6ccc7c(c6)oc6ccccc67)nc(-c6cccc7c6sc6ccccc67)n5)cc4)cc3c3cc(-c4ccc5c(c4)c4cccc6oc7cccc5c7c64)ccc32)cc1. The van der Waals surface area contributed by atoms with Crippen LogP contribution in [0.1, 0.15) is 0 Å². The number of fused-ring (bicyclic) bond motifs is 12. The van der Waals surface area contributed by atoms with Crippen LogP contribution in [-0.2, 0) is 0 Å². The number of hydrogen-bond donors (Lipinski definition) is 0. The molecule has 0 radical (unpaired) electrons.